The third-order valence-electron chi connectivity index (χ3n) is 3.45. The van der Waals surface area contributed by atoms with Crippen molar-refractivity contribution < 1.29 is 14.3 Å². The molecule has 0 fully saturated rings. The number of rotatable bonds is 7. The van der Waals surface area contributed by atoms with Crippen molar-refractivity contribution in [1.82, 2.24) is 9.55 Å². The van der Waals surface area contributed by atoms with Gasteiger partial charge in [-0.3, -0.25) is 9.59 Å². The van der Waals surface area contributed by atoms with Gasteiger partial charge in [0.1, 0.15) is 5.75 Å². The molecule has 1 aromatic carbocycles. The van der Waals surface area contributed by atoms with Crippen LogP contribution >= 0.6 is 34.4 Å². The topological polar surface area (TPSA) is 85.6 Å². The van der Waals surface area contributed by atoms with Gasteiger partial charge in [0, 0.05) is 18.6 Å². The molecular formula is C17H18N4O3S3. The lowest BCUT2D eigenvalue weighted by atomic mass is 10.3. The number of aryl methyl sites for hydroxylation is 1. The van der Waals surface area contributed by atoms with Gasteiger partial charge in [0.25, 0.3) is 5.91 Å². The molecule has 3 aromatic rings. The lowest BCUT2D eigenvalue weighted by molar-refractivity contribution is -0.115. The average Bonchev–Trinajstić information content (AvgIpc) is 3.24. The fourth-order valence-corrected chi connectivity index (χ4v) is 4.50. The second-order valence-electron chi connectivity index (χ2n) is 5.39. The Bertz CT molecular complexity index is 1010. The summed E-state index contributed by atoms with van der Waals surface area (Å²) in [7, 11) is 1.87. The Balaban J connectivity index is 1.61. The lowest BCUT2D eigenvalue weighted by Gasteiger charge is -2.02. The normalized spacial score (nSPS) is 11.7. The molecule has 0 spiro atoms. The number of fused-ring (bicyclic) bond motifs is 1. The predicted molar refractivity (Wildman–Crippen MR) is 111 cm³/mol. The molecule has 0 atom stereocenters. The summed E-state index contributed by atoms with van der Waals surface area (Å²) in [6, 6.07) is 5.81. The highest BCUT2D eigenvalue weighted by Crippen LogP contribution is 2.22. The summed E-state index contributed by atoms with van der Waals surface area (Å²) in [5.74, 6) is 0.667. The molecule has 7 nitrogen and oxygen atoms in total. The number of thiazole rings is 2. The highest BCUT2D eigenvalue weighted by Gasteiger charge is 2.09. The van der Waals surface area contributed by atoms with Crippen LogP contribution in [0, 0.1) is 0 Å². The third-order valence-corrected chi connectivity index (χ3v) is 6.15. The minimum Gasteiger partial charge on any atom is -0.494 e. The van der Waals surface area contributed by atoms with E-state index in [9.17, 15) is 9.59 Å². The van der Waals surface area contributed by atoms with Crippen LogP contribution in [0.4, 0.5) is 5.13 Å². The van der Waals surface area contributed by atoms with Crippen LogP contribution in [0.1, 0.15) is 6.92 Å². The van der Waals surface area contributed by atoms with Crippen LogP contribution in [0.2, 0.25) is 0 Å². The Morgan fingerprint density at radius 1 is 1.37 bits per heavy atom. The van der Waals surface area contributed by atoms with Crippen LogP contribution < -0.4 is 14.9 Å². The predicted octanol–water partition coefficient (Wildman–Crippen LogP) is 2.89. The molecule has 0 unspecified atom stereocenters. The Hall–Kier alpha value is -2.17. The Morgan fingerprint density at radius 3 is 2.96 bits per heavy atom. The third kappa shape index (κ3) is 5.18. The Morgan fingerprint density at radius 2 is 2.22 bits per heavy atom. The quantitative estimate of drug-likeness (QED) is 0.633. The van der Waals surface area contributed by atoms with Gasteiger partial charge in [-0.25, -0.2) is 4.98 Å². The molecule has 0 aliphatic heterocycles. The summed E-state index contributed by atoms with van der Waals surface area (Å²) in [5.41, 5.74) is 0.991. The van der Waals surface area contributed by atoms with Crippen LogP contribution in [0.25, 0.3) is 10.2 Å². The molecule has 0 radical (unpaired) electrons. The van der Waals surface area contributed by atoms with Gasteiger partial charge in [-0.1, -0.05) is 11.3 Å². The number of carbonyl (C=O) groups excluding carboxylic acids is 2. The molecule has 27 heavy (non-hydrogen) atoms. The van der Waals surface area contributed by atoms with Crippen molar-refractivity contribution in [2.45, 2.75) is 6.92 Å². The molecule has 2 amide bonds. The molecule has 3 rings (SSSR count). The monoisotopic (exact) mass is 422 g/mol. The van der Waals surface area contributed by atoms with Crippen molar-refractivity contribution in [3.8, 4) is 5.75 Å². The molecule has 10 heteroatoms. The molecule has 1 N–H and O–H groups in total. The van der Waals surface area contributed by atoms with E-state index in [0.29, 0.717) is 16.5 Å². The van der Waals surface area contributed by atoms with Crippen LogP contribution in [-0.4, -0.2) is 39.5 Å². The molecule has 0 aliphatic carbocycles. The first kappa shape index (κ1) is 19.6. The number of aromatic nitrogens is 2. The van der Waals surface area contributed by atoms with E-state index in [0.717, 1.165) is 16.0 Å². The maximum Gasteiger partial charge on any atom is 0.258 e. The second kappa shape index (κ2) is 9.16. The van der Waals surface area contributed by atoms with Gasteiger partial charge < -0.3 is 14.6 Å². The number of amides is 2. The fraction of sp³-hybridized carbons (Fsp3) is 0.294. The number of carbonyl (C=O) groups is 2. The number of anilines is 1. The number of nitrogens with one attached hydrogen (secondary N) is 1. The minimum atomic E-state index is -0.269. The second-order valence-corrected chi connectivity index (χ2v) is 8.28. The standard InChI is InChI=1S/C17H18N4O3S3/c1-3-24-11-4-5-12-13(8-11)27-17(21(12)2)20-15(23)10-25-9-14(22)19-16-18-6-7-26-16/h4-8H,3,9-10H2,1-2H3,(H,18,19,22). The molecule has 0 aliphatic rings. The lowest BCUT2D eigenvalue weighted by Crippen LogP contribution is -2.17. The van der Waals surface area contributed by atoms with Gasteiger partial charge in [0.15, 0.2) is 9.93 Å². The van der Waals surface area contributed by atoms with Crippen LogP contribution in [-0.2, 0) is 16.6 Å². The van der Waals surface area contributed by atoms with Gasteiger partial charge in [-0.05, 0) is 25.1 Å². The number of ether oxygens (including phenoxy) is 1. The first-order chi connectivity index (χ1) is 13.1. The highest BCUT2D eigenvalue weighted by atomic mass is 32.2. The smallest absolute Gasteiger partial charge is 0.258 e. The molecule has 0 saturated carbocycles. The van der Waals surface area contributed by atoms with E-state index < -0.39 is 0 Å². The highest BCUT2D eigenvalue weighted by molar-refractivity contribution is 8.00. The van der Waals surface area contributed by atoms with Crippen molar-refractivity contribution in [3.05, 3.63) is 34.6 Å². The average molecular weight is 423 g/mol. The molecular weight excluding hydrogens is 404 g/mol. The van der Waals surface area contributed by atoms with Crippen molar-refractivity contribution >= 4 is 61.6 Å². The summed E-state index contributed by atoms with van der Waals surface area (Å²) in [5, 5.41) is 5.02. The van der Waals surface area contributed by atoms with Crippen molar-refractivity contribution in [2.24, 2.45) is 12.0 Å². The summed E-state index contributed by atoms with van der Waals surface area (Å²) < 4.78 is 8.40. The summed E-state index contributed by atoms with van der Waals surface area (Å²) >= 11 is 4.02. The molecule has 2 aromatic heterocycles. The first-order valence-corrected chi connectivity index (χ1v) is 11.0. The summed E-state index contributed by atoms with van der Waals surface area (Å²) in [4.78, 5) is 32.7. The van der Waals surface area contributed by atoms with Crippen LogP contribution in [0.3, 0.4) is 0 Å². The van der Waals surface area contributed by atoms with Crippen molar-refractivity contribution in [2.75, 3.05) is 23.4 Å². The van der Waals surface area contributed by atoms with E-state index in [2.05, 4.69) is 15.3 Å². The molecule has 142 valence electrons. The number of hydrogen-bond acceptors (Lipinski definition) is 7. The zero-order valence-electron chi connectivity index (χ0n) is 14.8. The number of hydrogen-bond donors (Lipinski definition) is 1. The summed E-state index contributed by atoms with van der Waals surface area (Å²) in [6.45, 7) is 2.54. The van der Waals surface area contributed by atoms with E-state index in [-0.39, 0.29) is 23.3 Å². The Kier molecular flexibility index (Phi) is 6.64. The van der Waals surface area contributed by atoms with Crippen LogP contribution in [0.15, 0.2) is 34.8 Å². The van der Waals surface area contributed by atoms with Crippen molar-refractivity contribution in [3.63, 3.8) is 0 Å². The fourth-order valence-electron chi connectivity index (χ4n) is 2.29. The largest absolute Gasteiger partial charge is 0.494 e. The molecule has 0 saturated heterocycles. The maximum absolute atomic E-state index is 12.1. The van der Waals surface area contributed by atoms with E-state index in [1.807, 2.05) is 36.7 Å². The van der Waals surface area contributed by atoms with E-state index in [1.165, 1.54) is 34.4 Å². The summed E-state index contributed by atoms with van der Waals surface area (Å²) in [6.07, 6.45) is 1.62. The van der Waals surface area contributed by atoms with Crippen LogP contribution in [0.5, 0.6) is 5.75 Å². The maximum atomic E-state index is 12.1. The number of nitrogens with zero attached hydrogens (tertiary/aromatic N) is 3. The van der Waals surface area contributed by atoms with E-state index in [4.69, 9.17) is 4.74 Å². The van der Waals surface area contributed by atoms with Gasteiger partial charge >= 0.3 is 0 Å². The zero-order chi connectivity index (χ0) is 19.2. The van der Waals surface area contributed by atoms with Gasteiger partial charge in [0.05, 0.1) is 28.3 Å². The van der Waals surface area contributed by atoms with Gasteiger partial charge in [-0.2, -0.15) is 4.99 Å². The Labute approximate surface area is 168 Å². The van der Waals surface area contributed by atoms with E-state index in [1.54, 1.807) is 11.6 Å². The molecule has 0 bridgehead atoms. The SMILES string of the molecule is CCOc1ccc2c(c1)sc(=NC(=O)CSCC(=O)Nc1nccs1)n2C. The zero-order valence-corrected chi connectivity index (χ0v) is 17.2. The van der Waals surface area contributed by atoms with Gasteiger partial charge in [-0.15, -0.1) is 23.1 Å². The van der Waals surface area contributed by atoms with Gasteiger partial charge in [0.2, 0.25) is 5.91 Å². The molecule has 2 heterocycles. The van der Waals surface area contributed by atoms with Crippen molar-refractivity contribution in [1.29, 1.82) is 0 Å². The minimum absolute atomic E-state index is 0.143. The van der Waals surface area contributed by atoms with E-state index >= 15 is 0 Å². The first-order valence-electron chi connectivity index (χ1n) is 8.14. The number of benzene rings is 1. The number of thioether (sulfide) groups is 1.